The number of nitrogens with zero attached hydrogens (tertiary/aromatic N) is 1. The summed E-state index contributed by atoms with van der Waals surface area (Å²) in [6, 6.07) is 3.39. The lowest BCUT2D eigenvalue weighted by molar-refractivity contribution is -0.134. The third-order valence-electron chi connectivity index (χ3n) is 4.28. The third kappa shape index (κ3) is 2.64. The second-order valence-electron chi connectivity index (χ2n) is 5.64. The number of amides is 2. The van der Waals surface area contributed by atoms with E-state index in [0.717, 1.165) is 6.42 Å². The maximum atomic E-state index is 13.8. The highest BCUT2D eigenvalue weighted by Crippen LogP contribution is 2.28. The fourth-order valence-electron chi connectivity index (χ4n) is 2.60. The topological polar surface area (TPSA) is 49.4 Å². The quantitative estimate of drug-likeness (QED) is 0.930. The van der Waals surface area contributed by atoms with Gasteiger partial charge in [-0.3, -0.25) is 14.5 Å². The molecule has 1 heterocycles. The molecule has 0 spiro atoms. The molecular formula is C16H21FN2O2. The highest BCUT2D eigenvalue weighted by molar-refractivity contribution is 6.08. The molecular weight excluding hydrogens is 271 g/mol. The van der Waals surface area contributed by atoms with Crippen LogP contribution in [0.25, 0.3) is 0 Å². The summed E-state index contributed by atoms with van der Waals surface area (Å²) < 4.78 is 13.8. The van der Waals surface area contributed by atoms with Crippen molar-refractivity contribution in [2.45, 2.75) is 46.2 Å². The summed E-state index contributed by atoms with van der Waals surface area (Å²) in [5.41, 5.74) is 0.853. The number of carbonyl (C=O) groups excluding carboxylic acids is 2. The number of anilines is 1. The molecule has 4 nitrogen and oxygen atoms in total. The molecule has 0 aromatic heterocycles. The van der Waals surface area contributed by atoms with Crippen LogP contribution in [0.15, 0.2) is 18.2 Å². The molecule has 1 saturated heterocycles. The number of hydrogen-bond acceptors (Lipinski definition) is 2. The van der Waals surface area contributed by atoms with E-state index < -0.39 is 12.1 Å². The summed E-state index contributed by atoms with van der Waals surface area (Å²) in [4.78, 5) is 26.3. The van der Waals surface area contributed by atoms with Crippen LogP contribution in [-0.4, -0.2) is 23.9 Å². The van der Waals surface area contributed by atoms with E-state index >= 15 is 0 Å². The number of hydrogen-bond donors (Lipinski definition) is 1. The van der Waals surface area contributed by atoms with Gasteiger partial charge in [0, 0.05) is 5.56 Å². The Kier molecular flexibility index (Phi) is 4.30. The molecule has 3 atom stereocenters. The minimum atomic E-state index is -0.640. The van der Waals surface area contributed by atoms with Crippen LogP contribution in [0.2, 0.25) is 0 Å². The summed E-state index contributed by atoms with van der Waals surface area (Å²) in [6.45, 7) is 7.18. The van der Waals surface area contributed by atoms with Gasteiger partial charge in [0.05, 0.1) is 5.69 Å². The standard InChI is InChI=1S/C16H21FN2O2/c1-5-9(2)14-16(21)19(11(4)15(20)18-14)13-8-6-7-12(17)10(13)3/h6-9,11,14H,5H2,1-4H3,(H,18,20). The minimum absolute atomic E-state index is 0.0327. The zero-order chi connectivity index (χ0) is 15.7. The molecule has 1 fully saturated rings. The molecule has 0 radical (unpaired) electrons. The Morgan fingerprint density at radius 1 is 1.38 bits per heavy atom. The molecule has 0 aliphatic carbocycles. The van der Waals surface area contributed by atoms with Gasteiger partial charge in [0.2, 0.25) is 5.91 Å². The Morgan fingerprint density at radius 3 is 2.67 bits per heavy atom. The van der Waals surface area contributed by atoms with E-state index in [2.05, 4.69) is 5.32 Å². The van der Waals surface area contributed by atoms with E-state index in [1.807, 2.05) is 13.8 Å². The summed E-state index contributed by atoms with van der Waals surface area (Å²) in [7, 11) is 0. The number of piperazine rings is 1. The molecule has 1 aromatic carbocycles. The van der Waals surface area contributed by atoms with Crippen LogP contribution in [0, 0.1) is 18.7 Å². The average Bonchev–Trinajstić information content (AvgIpc) is 2.46. The van der Waals surface area contributed by atoms with Crippen LogP contribution in [-0.2, 0) is 9.59 Å². The van der Waals surface area contributed by atoms with Crippen LogP contribution in [0.5, 0.6) is 0 Å². The fraction of sp³-hybridized carbons (Fsp3) is 0.500. The normalized spacial score (nSPS) is 24.0. The van der Waals surface area contributed by atoms with Gasteiger partial charge in [0.1, 0.15) is 17.9 Å². The lowest BCUT2D eigenvalue weighted by Gasteiger charge is -2.39. The number of carbonyl (C=O) groups is 2. The van der Waals surface area contributed by atoms with Gasteiger partial charge in [-0.2, -0.15) is 0 Å². The lowest BCUT2D eigenvalue weighted by atomic mass is 9.93. The highest BCUT2D eigenvalue weighted by atomic mass is 19.1. The highest BCUT2D eigenvalue weighted by Gasteiger charge is 2.41. The van der Waals surface area contributed by atoms with Crippen molar-refractivity contribution in [1.82, 2.24) is 5.32 Å². The minimum Gasteiger partial charge on any atom is -0.342 e. The summed E-state index contributed by atoms with van der Waals surface area (Å²) >= 11 is 0. The molecule has 0 bridgehead atoms. The third-order valence-corrected chi connectivity index (χ3v) is 4.28. The SMILES string of the molecule is CCC(C)C1NC(=O)C(C)N(c2cccc(F)c2C)C1=O. The predicted molar refractivity (Wildman–Crippen MR) is 79.5 cm³/mol. The van der Waals surface area contributed by atoms with Crippen molar-refractivity contribution >= 4 is 17.5 Å². The first-order chi connectivity index (χ1) is 9.88. The molecule has 3 unspecified atom stereocenters. The van der Waals surface area contributed by atoms with Gasteiger partial charge in [-0.15, -0.1) is 0 Å². The van der Waals surface area contributed by atoms with Crippen molar-refractivity contribution in [1.29, 1.82) is 0 Å². The molecule has 1 N–H and O–H groups in total. The second kappa shape index (κ2) is 5.84. The summed E-state index contributed by atoms with van der Waals surface area (Å²) in [5.74, 6) is -0.724. The molecule has 21 heavy (non-hydrogen) atoms. The smallest absolute Gasteiger partial charge is 0.250 e. The summed E-state index contributed by atoms with van der Waals surface area (Å²) in [6.07, 6.45) is 0.779. The van der Waals surface area contributed by atoms with Gasteiger partial charge in [-0.25, -0.2) is 4.39 Å². The van der Waals surface area contributed by atoms with E-state index in [9.17, 15) is 14.0 Å². The van der Waals surface area contributed by atoms with Crippen molar-refractivity contribution in [2.75, 3.05) is 4.90 Å². The van der Waals surface area contributed by atoms with Crippen molar-refractivity contribution in [2.24, 2.45) is 5.92 Å². The molecule has 1 aliphatic heterocycles. The molecule has 2 rings (SSSR count). The monoisotopic (exact) mass is 292 g/mol. The van der Waals surface area contributed by atoms with E-state index in [1.165, 1.54) is 11.0 Å². The predicted octanol–water partition coefficient (Wildman–Crippen LogP) is 2.40. The Hall–Kier alpha value is -1.91. The van der Waals surface area contributed by atoms with Crippen molar-refractivity contribution in [3.8, 4) is 0 Å². The molecule has 1 aromatic rings. The Labute approximate surface area is 124 Å². The van der Waals surface area contributed by atoms with E-state index in [1.54, 1.807) is 26.0 Å². The Morgan fingerprint density at radius 2 is 2.05 bits per heavy atom. The average molecular weight is 292 g/mol. The summed E-state index contributed by atoms with van der Waals surface area (Å²) in [5, 5.41) is 2.78. The molecule has 114 valence electrons. The molecule has 2 amide bonds. The zero-order valence-electron chi connectivity index (χ0n) is 12.8. The van der Waals surface area contributed by atoms with Crippen LogP contribution < -0.4 is 10.2 Å². The second-order valence-corrected chi connectivity index (χ2v) is 5.64. The van der Waals surface area contributed by atoms with Crippen molar-refractivity contribution < 1.29 is 14.0 Å². The van der Waals surface area contributed by atoms with Gasteiger partial charge in [-0.05, 0) is 31.9 Å². The first-order valence-corrected chi connectivity index (χ1v) is 7.27. The van der Waals surface area contributed by atoms with Crippen LogP contribution in [0.3, 0.4) is 0 Å². The largest absolute Gasteiger partial charge is 0.342 e. The Bertz CT molecular complexity index is 573. The number of nitrogens with one attached hydrogen (secondary N) is 1. The van der Waals surface area contributed by atoms with E-state index in [4.69, 9.17) is 0 Å². The van der Waals surface area contributed by atoms with Gasteiger partial charge in [0.25, 0.3) is 5.91 Å². The fourth-order valence-corrected chi connectivity index (χ4v) is 2.60. The van der Waals surface area contributed by atoms with Gasteiger partial charge in [-0.1, -0.05) is 26.3 Å². The maximum absolute atomic E-state index is 13.8. The van der Waals surface area contributed by atoms with Gasteiger partial charge in [0.15, 0.2) is 0 Å². The van der Waals surface area contributed by atoms with Crippen LogP contribution >= 0.6 is 0 Å². The maximum Gasteiger partial charge on any atom is 0.250 e. The Balaban J connectivity index is 2.46. The van der Waals surface area contributed by atoms with Crippen molar-refractivity contribution in [3.05, 3.63) is 29.6 Å². The number of benzene rings is 1. The van der Waals surface area contributed by atoms with E-state index in [-0.39, 0.29) is 23.5 Å². The number of halogens is 1. The number of rotatable bonds is 3. The lowest BCUT2D eigenvalue weighted by Crippen LogP contribution is -2.64. The zero-order valence-corrected chi connectivity index (χ0v) is 12.8. The first-order valence-electron chi connectivity index (χ1n) is 7.27. The van der Waals surface area contributed by atoms with Gasteiger partial charge < -0.3 is 5.32 Å². The first kappa shape index (κ1) is 15.5. The van der Waals surface area contributed by atoms with Gasteiger partial charge >= 0.3 is 0 Å². The van der Waals surface area contributed by atoms with Crippen LogP contribution in [0.4, 0.5) is 10.1 Å². The molecule has 1 aliphatic rings. The molecule has 0 saturated carbocycles. The molecule has 5 heteroatoms. The van der Waals surface area contributed by atoms with E-state index in [0.29, 0.717) is 11.3 Å². The van der Waals surface area contributed by atoms with Crippen molar-refractivity contribution in [3.63, 3.8) is 0 Å². The van der Waals surface area contributed by atoms with Crippen LogP contribution in [0.1, 0.15) is 32.8 Å².